The highest BCUT2D eigenvalue weighted by Crippen LogP contribution is 2.29. The van der Waals surface area contributed by atoms with Crippen molar-refractivity contribution in [2.45, 2.75) is 51.5 Å². The Morgan fingerprint density at radius 2 is 2.11 bits per heavy atom. The molecule has 1 N–H and O–H groups in total. The van der Waals surface area contributed by atoms with Crippen LogP contribution in [0.1, 0.15) is 45.4 Å². The third-order valence-electron chi connectivity index (χ3n) is 4.15. The molecule has 0 bridgehead atoms. The first-order valence-corrected chi connectivity index (χ1v) is 7.42. The Hall–Kier alpha value is -1.58. The van der Waals surface area contributed by atoms with Crippen LogP contribution >= 0.6 is 0 Å². The topological polar surface area (TPSA) is 42.2 Å². The van der Waals surface area contributed by atoms with E-state index in [-0.39, 0.29) is 0 Å². The summed E-state index contributed by atoms with van der Waals surface area (Å²) < 4.78 is 1.79. The lowest BCUT2D eigenvalue weighted by molar-refractivity contribution is 0.318. The van der Waals surface area contributed by atoms with Gasteiger partial charge in [0.05, 0.1) is 6.20 Å². The quantitative estimate of drug-likeness (QED) is 0.912. The van der Waals surface area contributed by atoms with Crippen LogP contribution in [0.15, 0.2) is 24.5 Å². The lowest BCUT2D eigenvalue weighted by Crippen LogP contribution is -2.26. The summed E-state index contributed by atoms with van der Waals surface area (Å²) >= 11 is 0. The van der Waals surface area contributed by atoms with E-state index in [4.69, 9.17) is 0 Å². The molecule has 1 aliphatic carbocycles. The summed E-state index contributed by atoms with van der Waals surface area (Å²) in [6.45, 7) is 2.29. The Kier molecular flexibility index (Phi) is 3.67. The van der Waals surface area contributed by atoms with E-state index >= 15 is 0 Å². The summed E-state index contributed by atoms with van der Waals surface area (Å²) in [4.78, 5) is 4.57. The van der Waals surface area contributed by atoms with Crippen molar-refractivity contribution < 1.29 is 0 Å². The van der Waals surface area contributed by atoms with Crippen LogP contribution in [0, 0.1) is 5.92 Å². The van der Waals surface area contributed by atoms with Gasteiger partial charge in [-0.1, -0.05) is 19.8 Å². The zero-order chi connectivity index (χ0) is 13.1. The van der Waals surface area contributed by atoms with E-state index < -0.39 is 0 Å². The molecule has 0 unspecified atom stereocenters. The highest BCUT2D eigenvalue weighted by molar-refractivity contribution is 5.45. The van der Waals surface area contributed by atoms with Gasteiger partial charge < -0.3 is 5.32 Å². The van der Waals surface area contributed by atoms with Crippen LogP contribution in [-0.2, 0) is 0 Å². The van der Waals surface area contributed by atoms with Gasteiger partial charge in [0.25, 0.3) is 0 Å². The molecule has 0 saturated heterocycles. The summed E-state index contributed by atoms with van der Waals surface area (Å²) in [6.07, 6.45) is 11.7. The molecule has 1 fully saturated rings. The van der Waals surface area contributed by atoms with Gasteiger partial charge in [-0.15, -0.1) is 0 Å². The molecule has 1 aliphatic rings. The second-order valence-electron chi connectivity index (χ2n) is 5.60. The van der Waals surface area contributed by atoms with Crippen LogP contribution < -0.4 is 5.32 Å². The summed E-state index contributed by atoms with van der Waals surface area (Å²) in [7, 11) is 0. The maximum absolute atomic E-state index is 4.57. The van der Waals surface area contributed by atoms with E-state index in [1.54, 1.807) is 10.7 Å². The minimum atomic E-state index is 0.589. The number of nitrogens with zero attached hydrogens (tertiary/aromatic N) is 3. The first-order chi connectivity index (χ1) is 9.35. The fraction of sp³-hybridized carbons (Fsp3) is 0.600. The summed E-state index contributed by atoms with van der Waals surface area (Å²) in [5.74, 6) is 1.93. The Labute approximate surface area is 114 Å². The number of nitrogens with one attached hydrogen (secondary N) is 1. The molecule has 4 nitrogen and oxygen atoms in total. The SMILES string of the molecule is CCCC1CCC(Nc2ccn3nccc3n2)CC1. The Balaban J connectivity index is 1.59. The zero-order valence-electron chi connectivity index (χ0n) is 11.5. The average Bonchev–Trinajstić information content (AvgIpc) is 2.89. The monoisotopic (exact) mass is 258 g/mol. The van der Waals surface area contributed by atoms with Crippen molar-refractivity contribution in [1.82, 2.24) is 14.6 Å². The van der Waals surface area contributed by atoms with Crippen molar-refractivity contribution in [3.63, 3.8) is 0 Å². The number of hydrogen-bond acceptors (Lipinski definition) is 3. The lowest BCUT2D eigenvalue weighted by atomic mass is 9.83. The first-order valence-electron chi connectivity index (χ1n) is 7.42. The molecule has 102 valence electrons. The Bertz CT molecular complexity index is 526. The van der Waals surface area contributed by atoms with E-state index in [0.29, 0.717) is 6.04 Å². The van der Waals surface area contributed by atoms with Gasteiger partial charge in [0.2, 0.25) is 0 Å². The van der Waals surface area contributed by atoms with E-state index in [2.05, 4.69) is 22.3 Å². The summed E-state index contributed by atoms with van der Waals surface area (Å²) in [6, 6.07) is 4.53. The van der Waals surface area contributed by atoms with E-state index in [1.165, 1.54) is 38.5 Å². The van der Waals surface area contributed by atoms with Gasteiger partial charge in [0, 0.05) is 18.3 Å². The predicted octanol–water partition coefficient (Wildman–Crippen LogP) is 3.50. The Morgan fingerprint density at radius 1 is 1.26 bits per heavy atom. The van der Waals surface area contributed by atoms with E-state index in [1.807, 2.05) is 18.3 Å². The maximum atomic E-state index is 4.57. The second kappa shape index (κ2) is 5.59. The fourth-order valence-electron chi connectivity index (χ4n) is 3.11. The molecule has 0 radical (unpaired) electrons. The minimum absolute atomic E-state index is 0.589. The third-order valence-corrected chi connectivity index (χ3v) is 4.15. The molecule has 1 saturated carbocycles. The third kappa shape index (κ3) is 2.88. The molecule has 0 spiro atoms. The first kappa shape index (κ1) is 12.5. The van der Waals surface area contributed by atoms with Crippen LogP contribution in [0.5, 0.6) is 0 Å². The molecule has 2 aromatic heterocycles. The highest BCUT2D eigenvalue weighted by Gasteiger charge is 2.20. The molecule has 0 atom stereocenters. The normalized spacial score (nSPS) is 23.6. The number of aromatic nitrogens is 3. The van der Waals surface area contributed by atoms with Gasteiger partial charge in [0.15, 0.2) is 5.65 Å². The second-order valence-corrected chi connectivity index (χ2v) is 5.60. The lowest BCUT2D eigenvalue weighted by Gasteiger charge is -2.29. The van der Waals surface area contributed by atoms with Crippen molar-refractivity contribution in [2.24, 2.45) is 5.92 Å². The van der Waals surface area contributed by atoms with Gasteiger partial charge in [0.1, 0.15) is 5.82 Å². The van der Waals surface area contributed by atoms with E-state index in [9.17, 15) is 0 Å². The zero-order valence-corrected chi connectivity index (χ0v) is 11.5. The highest BCUT2D eigenvalue weighted by atomic mass is 15.2. The van der Waals surface area contributed by atoms with Crippen molar-refractivity contribution in [1.29, 1.82) is 0 Å². The van der Waals surface area contributed by atoms with Crippen molar-refractivity contribution in [2.75, 3.05) is 5.32 Å². The molecule has 0 amide bonds. The minimum Gasteiger partial charge on any atom is -0.367 e. The molecular weight excluding hydrogens is 236 g/mol. The number of anilines is 1. The number of fused-ring (bicyclic) bond motifs is 1. The van der Waals surface area contributed by atoms with Gasteiger partial charge in [-0.05, 0) is 37.7 Å². The molecule has 0 aliphatic heterocycles. The van der Waals surface area contributed by atoms with Gasteiger partial charge >= 0.3 is 0 Å². The van der Waals surface area contributed by atoms with Crippen LogP contribution in [-0.4, -0.2) is 20.6 Å². The van der Waals surface area contributed by atoms with Crippen LogP contribution in [0.4, 0.5) is 5.82 Å². The molecule has 4 heteroatoms. The summed E-state index contributed by atoms with van der Waals surface area (Å²) in [5.41, 5.74) is 0.907. The van der Waals surface area contributed by atoms with Crippen LogP contribution in [0.25, 0.3) is 5.65 Å². The van der Waals surface area contributed by atoms with Crippen molar-refractivity contribution in [3.05, 3.63) is 24.5 Å². The van der Waals surface area contributed by atoms with Gasteiger partial charge in [-0.25, -0.2) is 9.50 Å². The molecule has 2 heterocycles. The maximum Gasteiger partial charge on any atom is 0.157 e. The summed E-state index contributed by atoms with van der Waals surface area (Å²) in [5, 5.41) is 7.74. The molecule has 2 aromatic rings. The van der Waals surface area contributed by atoms with E-state index in [0.717, 1.165) is 17.4 Å². The molecule has 3 rings (SSSR count). The van der Waals surface area contributed by atoms with Crippen LogP contribution in [0.3, 0.4) is 0 Å². The predicted molar refractivity (Wildman–Crippen MR) is 77.3 cm³/mol. The smallest absolute Gasteiger partial charge is 0.157 e. The average molecular weight is 258 g/mol. The fourth-order valence-corrected chi connectivity index (χ4v) is 3.11. The Morgan fingerprint density at radius 3 is 2.89 bits per heavy atom. The number of rotatable bonds is 4. The number of hydrogen-bond donors (Lipinski definition) is 1. The standard InChI is InChI=1S/C15H22N4/c1-2-3-12-4-6-13(7-5-12)17-14-9-11-19-15(18-14)8-10-16-19/h8-13H,2-7H2,1H3,(H,17,18). The van der Waals surface area contributed by atoms with Gasteiger partial charge in [-0.2, -0.15) is 5.10 Å². The van der Waals surface area contributed by atoms with Crippen molar-refractivity contribution >= 4 is 11.5 Å². The molecule has 0 aromatic carbocycles. The van der Waals surface area contributed by atoms with Crippen LogP contribution in [0.2, 0.25) is 0 Å². The molecular formula is C15H22N4. The van der Waals surface area contributed by atoms with Gasteiger partial charge in [-0.3, -0.25) is 0 Å². The van der Waals surface area contributed by atoms with Crippen molar-refractivity contribution in [3.8, 4) is 0 Å². The largest absolute Gasteiger partial charge is 0.367 e. The molecule has 19 heavy (non-hydrogen) atoms.